The summed E-state index contributed by atoms with van der Waals surface area (Å²) in [6.45, 7) is 8.42. The molecule has 0 spiro atoms. The number of amides is 2. The Hall–Kier alpha value is -3.02. The van der Waals surface area contributed by atoms with Gasteiger partial charge in [0.25, 0.3) is 11.8 Å². The average Bonchev–Trinajstić information content (AvgIpc) is 3.02. The summed E-state index contributed by atoms with van der Waals surface area (Å²) in [7, 11) is 4.95. The van der Waals surface area contributed by atoms with Crippen LogP contribution in [0.1, 0.15) is 65.1 Å². The molecule has 2 aromatic carbocycles. The Morgan fingerprint density at radius 3 is 2.13 bits per heavy atom. The molecule has 2 aromatic rings. The monoisotopic (exact) mass is 408 g/mol. The third kappa shape index (κ3) is 2.49. The molecule has 2 heterocycles. The molecule has 6 nitrogen and oxygen atoms in total. The van der Waals surface area contributed by atoms with Gasteiger partial charge in [0, 0.05) is 12.6 Å². The van der Waals surface area contributed by atoms with Crippen LogP contribution in [0.25, 0.3) is 0 Å². The lowest BCUT2D eigenvalue weighted by atomic mass is 9.91. The second kappa shape index (κ2) is 6.49. The molecule has 6 heteroatoms. The van der Waals surface area contributed by atoms with Crippen molar-refractivity contribution in [1.29, 1.82) is 0 Å². The number of carbonyl (C=O) groups excluding carboxylic acids is 2. The number of hydrogen-bond acceptors (Lipinski definition) is 4. The molecule has 0 fully saturated rings. The highest BCUT2D eigenvalue weighted by atomic mass is 16.5. The van der Waals surface area contributed by atoms with E-state index in [1.807, 2.05) is 62.9 Å². The Kier molecular flexibility index (Phi) is 4.38. The van der Waals surface area contributed by atoms with Gasteiger partial charge in [-0.3, -0.25) is 9.59 Å². The molecule has 0 saturated heterocycles. The summed E-state index contributed by atoms with van der Waals surface area (Å²) >= 11 is 0. The minimum absolute atomic E-state index is 0.0642. The molecule has 0 aromatic heterocycles. The van der Waals surface area contributed by atoms with Crippen LogP contribution in [0.4, 0.5) is 0 Å². The Labute approximate surface area is 177 Å². The molecule has 2 amide bonds. The van der Waals surface area contributed by atoms with Gasteiger partial charge in [0.05, 0.1) is 43.0 Å². The zero-order valence-electron chi connectivity index (χ0n) is 18.6. The van der Waals surface area contributed by atoms with Gasteiger partial charge in [0.2, 0.25) is 0 Å². The highest BCUT2D eigenvalue weighted by molar-refractivity contribution is 6.04. The molecule has 0 bridgehead atoms. The first-order chi connectivity index (χ1) is 14.1. The largest absolute Gasteiger partial charge is 0.496 e. The van der Waals surface area contributed by atoms with Crippen LogP contribution in [0.5, 0.6) is 11.5 Å². The quantitative estimate of drug-likeness (QED) is 0.770. The van der Waals surface area contributed by atoms with Crippen molar-refractivity contribution in [3.8, 4) is 11.5 Å². The molecule has 2 aliphatic heterocycles. The summed E-state index contributed by atoms with van der Waals surface area (Å²) in [5, 5.41) is 0. The van der Waals surface area contributed by atoms with Gasteiger partial charge in [-0.05, 0) is 44.9 Å². The molecule has 2 aliphatic rings. The maximum Gasteiger partial charge on any atom is 0.259 e. The van der Waals surface area contributed by atoms with Gasteiger partial charge in [0.15, 0.2) is 0 Å². The predicted octanol–water partition coefficient (Wildman–Crippen LogP) is 3.92. The fourth-order valence-corrected chi connectivity index (χ4v) is 4.71. The number of benzene rings is 2. The molecular weight excluding hydrogens is 380 g/mol. The van der Waals surface area contributed by atoms with E-state index in [-0.39, 0.29) is 11.8 Å². The number of rotatable bonds is 4. The van der Waals surface area contributed by atoms with E-state index in [1.54, 1.807) is 26.2 Å². The lowest BCUT2D eigenvalue weighted by molar-refractivity contribution is 0.0592. The zero-order valence-corrected chi connectivity index (χ0v) is 18.6. The second-order valence-electron chi connectivity index (χ2n) is 8.94. The average molecular weight is 408 g/mol. The van der Waals surface area contributed by atoms with E-state index in [0.717, 1.165) is 16.7 Å². The lowest BCUT2D eigenvalue weighted by Gasteiger charge is -2.33. The first kappa shape index (κ1) is 20.3. The van der Waals surface area contributed by atoms with Gasteiger partial charge in [-0.15, -0.1) is 0 Å². The van der Waals surface area contributed by atoms with Crippen LogP contribution in [-0.4, -0.2) is 42.9 Å². The zero-order chi connectivity index (χ0) is 22.0. The van der Waals surface area contributed by atoms with E-state index in [4.69, 9.17) is 9.47 Å². The fourth-order valence-electron chi connectivity index (χ4n) is 4.71. The lowest BCUT2D eigenvalue weighted by Crippen LogP contribution is -2.38. The van der Waals surface area contributed by atoms with Gasteiger partial charge < -0.3 is 19.3 Å². The number of hydrogen-bond donors (Lipinski definition) is 0. The minimum Gasteiger partial charge on any atom is -0.496 e. The number of carbonyl (C=O) groups is 2. The van der Waals surface area contributed by atoms with E-state index < -0.39 is 11.1 Å². The van der Waals surface area contributed by atoms with Crippen LogP contribution in [0.3, 0.4) is 0 Å². The van der Waals surface area contributed by atoms with Gasteiger partial charge in [0.1, 0.15) is 11.5 Å². The van der Waals surface area contributed by atoms with Crippen molar-refractivity contribution < 1.29 is 19.1 Å². The Balaban J connectivity index is 1.80. The second-order valence-corrected chi connectivity index (χ2v) is 8.94. The molecule has 0 unspecified atom stereocenters. The molecule has 4 rings (SSSR count). The number of methoxy groups -OCH3 is 2. The highest BCUT2D eigenvalue weighted by Gasteiger charge is 2.46. The van der Waals surface area contributed by atoms with Crippen molar-refractivity contribution in [2.24, 2.45) is 0 Å². The number of nitrogens with zero attached hydrogens (tertiary/aromatic N) is 2. The maximum absolute atomic E-state index is 13.4. The SMILES string of the molecule is COc1cccc2c1C(=O)N(Cc1ccc3c(c1OC)C(=O)N(C)C3(C)C)C2(C)C. The number of fused-ring (bicyclic) bond motifs is 2. The molecular formula is C24H28N2O4. The van der Waals surface area contributed by atoms with Gasteiger partial charge in [-0.1, -0.05) is 24.3 Å². The van der Waals surface area contributed by atoms with E-state index in [1.165, 1.54) is 0 Å². The molecule has 0 saturated carbocycles. The van der Waals surface area contributed by atoms with Crippen LogP contribution in [0.15, 0.2) is 30.3 Å². The maximum atomic E-state index is 13.4. The van der Waals surface area contributed by atoms with E-state index in [0.29, 0.717) is 29.2 Å². The summed E-state index contributed by atoms with van der Waals surface area (Å²) in [5.74, 6) is 0.971. The minimum atomic E-state index is -0.523. The van der Waals surface area contributed by atoms with Crippen LogP contribution >= 0.6 is 0 Å². The number of ether oxygens (including phenoxy) is 2. The summed E-state index contributed by atoms with van der Waals surface area (Å²) in [6, 6.07) is 9.63. The van der Waals surface area contributed by atoms with Gasteiger partial charge >= 0.3 is 0 Å². The Morgan fingerprint density at radius 2 is 1.50 bits per heavy atom. The molecule has 30 heavy (non-hydrogen) atoms. The van der Waals surface area contributed by atoms with Crippen LogP contribution in [0, 0.1) is 0 Å². The topological polar surface area (TPSA) is 59.1 Å². The molecule has 0 radical (unpaired) electrons. The third-order valence-electron chi connectivity index (χ3n) is 6.83. The molecule has 0 aliphatic carbocycles. The van der Waals surface area contributed by atoms with Crippen molar-refractivity contribution in [2.75, 3.05) is 21.3 Å². The smallest absolute Gasteiger partial charge is 0.259 e. The van der Waals surface area contributed by atoms with Crippen molar-refractivity contribution in [2.45, 2.75) is 45.3 Å². The fraction of sp³-hybridized carbons (Fsp3) is 0.417. The van der Waals surface area contributed by atoms with Crippen molar-refractivity contribution in [3.05, 3.63) is 58.1 Å². The van der Waals surface area contributed by atoms with Crippen molar-refractivity contribution in [1.82, 2.24) is 9.80 Å². The summed E-state index contributed by atoms with van der Waals surface area (Å²) in [5.41, 5.74) is 2.93. The van der Waals surface area contributed by atoms with E-state index in [2.05, 4.69) is 0 Å². The third-order valence-corrected chi connectivity index (χ3v) is 6.83. The summed E-state index contributed by atoms with van der Waals surface area (Å²) in [6.07, 6.45) is 0. The summed E-state index contributed by atoms with van der Waals surface area (Å²) in [4.78, 5) is 29.9. The van der Waals surface area contributed by atoms with E-state index >= 15 is 0 Å². The van der Waals surface area contributed by atoms with Crippen LogP contribution in [0.2, 0.25) is 0 Å². The summed E-state index contributed by atoms with van der Waals surface area (Å²) < 4.78 is 11.2. The first-order valence-corrected chi connectivity index (χ1v) is 10.0. The van der Waals surface area contributed by atoms with Gasteiger partial charge in [-0.2, -0.15) is 0 Å². The highest BCUT2D eigenvalue weighted by Crippen LogP contribution is 2.46. The molecule has 0 atom stereocenters. The Morgan fingerprint density at radius 1 is 0.833 bits per heavy atom. The first-order valence-electron chi connectivity index (χ1n) is 10.0. The molecule has 158 valence electrons. The van der Waals surface area contributed by atoms with Crippen molar-refractivity contribution >= 4 is 11.8 Å². The van der Waals surface area contributed by atoms with E-state index in [9.17, 15) is 9.59 Å². The standard InChI is InChI=1S/C24H28N2O4/c1-23(2)16-12-11-14(20(30-7)19(16)21(27)25(23)5)13-26-22(28)18-15(24(26,3)4)9-8-10-17(18)29-6/h8-12H,13H2,1-7H3. The predicted molar refractivity (Wildman–Crippen MR) is 114 cm³/mol. The molecule has 0 N–H and O–H groups in total. The van der Waals surface area contributed by atoms with Crippen LogP contribution < -0.4 is 9.47 Å². The van der Waals surface area contributed by atoms with Crippen LogP contribution in [-0.2, 0) is 17.6 Å². The van der Waals surface area contributed by atoms with Crippen molar-refractivity contribution in [3.63, 3.8) is 0 Å². The Bertz CT molecular complexity index is 1070. The van der Waals surface area contributed by atoms with Gasteiger partial charge in [-0.25, -0.2) is 0 Å². The normalized spacial score (nSPS) is 18.5.